The Kier molecular flexibility index (Phi) is 3.65. The van der Waals surface area contributed by atoms with Crippen LogP contribution in [-0.2, 0) is 14.8 Å². The Morgan fingerprint density at radius 2 is 2.22 bits per heavy atom. The molecule has 6 nitrogen and oxygen atoms in total. The number of hydrogen-bond donors (Lipinski definition) is 1. The van der Waals surface area contributed by atoms with Gasteiger partial charge in [-0.3, -0.25) is 0 Å². The highest BCUT2D eigenvalue weighted by Gasteiger charge is 2.15. The first-order valence-corrected chi connectivity index (χ1v) is 6.87. The van der Waals surface area contributed by atoms with Gasteiger partial charge in [0.15, 0.2) is 11.5 Å². The molecule has 0 aliphatic rings. The second-order valence-electron chi connectivity index (χ2n) is 3.75. The molecular formula is C11H14N2O4S. The number of aromatic nitrogens is 1. The molecule has 7 heteroatoms. The van der Waals surface area contributed by atoms with E-state index in [2.05, 4.69) is 9.71 Å². The third kappa shape index (κ3) is 2.69. The van der Waals surface area contributed by atoms with Crippen molar-refractivity contribution in [1.82, 2.24) is 9.71 Å². The summed E-state index contributed by atoms with van der Waals surface area (Å²) >= 11 is 0. The molecule has 2 rings (SSSR count). The first-order valence-electron chi connectivity index (χ1n) is 5.39. The van der Waals surface area contributed by atoms with Crippen molar-refractivity contribution in [2.75, 3.05) is 20.3 Å². The molecule has 1 aromatic carbocycles. The minimum absolute atomic E-state index is 0.155. The maximum atomic E-state index is 11.9. The van der Waals surface area contributed by atoms with Gasteiger partial charge in [-0.25, -0.2) is 18.1 Å². The van der Waals surface area contributed by atoms with Crippen molar-refractivity contribution >= 4 is 21.1 Å². The van der Waals surface area contributed by atoms with E-state index in [-0.39, 0.29) is 11.4 Å². The predicted octanol–water partition coefficient (Wildman–Crippen LogP) is 1.06. The molecule has 18 heavy (non-hydrogen) atoms. The maximum Gasteiger partial charge on any atom is 0.240 e. The summed E-state index contributed by atoms with van der Waals surface area (Å²) in [6, 6.07) is 4.58. The Morgan fingerprint density at radius 3 is 2.94 bits per heavy atom. The summed E-state index contributed by atoms with van der Waals surface area (Å²) in [6.45, 7) is 2.26. The van der Waals surface area contributed by atoms with Crippen LogP contribution in [0.2, 0.25) is 0 Å². The van der Waals surface area contributed by atoms with E-state index in [9.17, 15) is 8.42 Å². The van der Waals surface area contributed by atoms with Crippen LogP contribution in [0, 0.1) is 6.92 Å². The average Bonchev–Trinajstić information content (AvgIpc) is 2.68. The van der Waals surface area contributed by atoms with Gasteiger partial charge in [-0.05, 0) is 12.1 Å². The Bertz CT molecular complexity index is 648. The molecule has 0 aliphatic heterocycles. The molecule has 2 aromatic rings. The van der Waals surface area contributed by atoms with E-state index in [1.807, 2.05) is 0 Å². The highest BCUT2D eigenvalue weighted by molar-refractivity contribution is 7.89. The van der Waals surface area contributed by atoms with E-state index in [4.69, 9.17) is 9.15 Å². The zero-order valence-corrected chi connectivity index (χ0v) is 11.0. The van der Waals surface area contributed by atoms with Crippen molar-refractivity contribution in [3.8, 4) is 0 Å². The number of nitrogens with one attached hydrogen (secondary N) is 1. The lowest BCUT2D eigenvalue weighted by Gasteiger charge is -2.05. The first kappa shape index (κ1) is 13.0. The van der Waals surface area contributed by atoms with Crippen molar-refractivity contribution in [1.29, 1.82) is 0 Å². The van der Waals surface area contributed by atoms with E-state index >= 15 is 0 Å². The van der Waals surface area contributed by atoms with Crippen molar-refractivity contribution in [3.05, 3.63) is 24.1 Å². The van der Waals surface area contributed by atoms with E-state index in [0.29, 0.717) is 23.6 Å². The van der Waals surface area contributed by atoms with Crippen LogP contribution in [0.1, 0.15) is 5.89 Å². The standard InChI is InChI=1S/C11H14N2O4S/c1-8-13-10-4-3-9(7-11(10)17-8)18(14,15)12-5-6-16-2/h3-4,7,12H,5-6H2,1-2H3. The topological polar surface area (TPSA) is 81.4 Å². The van der Waals surface area contributed by atoms with E-state index in [1.54, 1.807) is 13.0 Å². The summed E-state index contributed by atoms with van der Waals surface area (Å²) in [4.78, 5) is 4.26. The number of oxazole rings is 1. The zero-order chi connectivity index (χ0) is 13.2. The summed E-state index contributed by atoms with van der Waals surface area (Å²) in [6.07, 6.45) is 0. The summed E-state index contributed by atoms with van der Waals surface area (Å²) in [7, 11) is -2.02. The second kappa shape index (κ2) is 5.05. The van der Waals surface area contributed by atoms with Gasteiger partial charge in [0.2, 0.25) is 10.0 Å². The number of rotatable bonds is 5. The molecule has 0 saturated heterocycles. The third-order valence-electron chi connectivity index (χ3n) is 2.38. The maximum absolute atomic E-state index is 11.9. The van der Waals surface area contributed by atoms with Crippen LogP contribution in [0.15, 0.2) is 27.5 Å². The molecule has 1 heterocycles. The molecule has 0 bridgehead atoms. The lowest BCUT2D eigenvalue weighted by Crippen LogP contribution is -2.27. The van der Waals surface area contributed by atoms with Gasteiger partial charge in [-0.2, -0.15) is 0 Å². The summed E-state index contributed by atoms with van der Waals surface area (Å²) < 4.78 is 36.4. The number of fused-ring (bicyclic) bond motifs is 1. The van der Waals surface area contributed by atoms with Crippen molar-refractivity contribution in [3.63, 3.8) is 0 Å². The minimum atomic E-state index is -3.53. The fourth-order valence-electron chi connectivity index (χ4n) is 1.55. The molecule has 0 radical (unpaired) electrons. The monoisotopic (exact) mass is 270 g/mol. The summed E-state index contributed by atoms with van der Waals surface area (Å²) in [5.41, 5.74) is 1.10. The average molecular weight is 270 g/mol. The molecule has 0 aliphatic carbocycles. The van der Waals surface area contributed by atoms with Gasteiger partial charge in [0.05, 0.1) is 11.5 Å². The normalized spacial score (nSPS) is 12.1. The number of benzene rings is 1. The minimum Gasteiger partial charge on any atom is -0.441 e. The van der Waals surface area contributed by atoms with Crippen LogP contribution in [0.25, 0.3) is 11.1 Å². The number of nitrogens with zero attached hydrogens (tertiary/aromatic N) is 1. The Balaban J connectivity index is 2.29. The Labute approximate surface area is 105 Å². The van der Waals surface area contributed by atoms with E-state index in [1.165, 1.54) is 19.2 Å². The van der Waals surface area contributed by atoms with Gasteiger partial charge in [-0.1, -0.05) is 0 Å². The lowest BCUT2D eigenvalue weighted by molar-refractivity contribution is 0.204. The number of hydrogen-bond acceptors (Lipinski definition) is 5. The smallest absolute Gasteiger partial charge is 0.240 e. The molecule has 0 unspecified atom stereocenters. The second-order valence-corrected chi connectivity index (χ2v) is 5.52. The number of aryl methyl sites for hydroxylation is 1. The van der Waals surface area contributed by atoms with Gasteiger partial charge >= 0.3 is 0 Å². The highest BCUT2D eigenvalue weighted by atomic mass is 32.2. The molecular weight excluding hydrogens is 256 g/mol. The lowest BCUT2D eigenvalue weighted by atomic mass is 10.3. The Hall–Kier alpha value is -1.44. The van der Waals surface area contributed by atoms with Crippen LogP contribution in [-0.4, -0.2) is 33.7 Å². The predicted molar refractivity (Wildman–Crippen MR) is 65.8 cm³/mol. The molecule has 0 amide bonds. The van der Waals surface area contributed by atoms with Crippen LogP contribution >= 0.6 is 0 Å². The molecule has 1 N–H and O–H groups in total. The molecule has 0 fully saturated rings. The molecule has 0 spiro atoms. The van der Waals surface area contributed by atoms with Crippen LogP contribution in [0.4, 0.5) is 0 Å². The number of methoxy groups -OCH3 is 1. The van der Waals surface area contributed by atoms with Gasteiger partial charge in [0.1, 0.15) is 5.52 Å². The van der Waals surface area contributed by atoms with Crippen LogP contribution in [0.5, 0.6) is 0 Å². The third-order valence-corrected chi connectivity index (χ3v) is 3.83. The fourth-order valence-corrected chi connectivity index (χ4v) is 2.58. The summed E-state index contributed by atoms with van der Waals surface area (Å²) in [5, 5.41) is 0. The number of ether oxygens (including phenoxy) is 1. The number of sulfonamides is 1. The van der Waals surface area contributed by atoms with Crippen molar-refractivity contribution in [2.24, 2.45) is 0 Å². The van der Waals surface area contributed by atoms with Gasteiger partial charge in [0.25, 0.3) is 0 Å². The molecule has 0 atom stereocenters. The molecule has 0 saturated carbocycles. The highest BCUT2D eigenvalue weighted by Crippen LogP contribution is 2.19. The van der Waals surface area contributed by atoms with E-state index in [0.717, 1.165) is 0 Å². The van der Waals surface area contributed by atoms with Gasteiger partial charge in [0, 0.05) is 26.6 Å². The largest absolute Gasteiger partial charge is 0.441 e. The molecule has 1 aromatic heterocycles. The first-order chi connectivity index (χ1) is 8.53. The van der Waals surface area contributed by atoms with Crippen LogP contribution < -0.4 is 4.72 Å². The van der Waals surface area contributed by atoms with Gasteiger partial charge < -0.3 is 9.15 Å². The van der Waals surface area contributed by atoms with Crippen molar-refractivity contribution < 1.29 is 17.6 Å². The Morgan fingerprint density at radius 1 is 1.44 bits per heavy atom. The summed E-state index contributed by atoms with van der Waals surface area (Å²) in [5.74, 6) is 0.506. The van der Waals surface area contributed by atoms with Crippen LogP contribution in [0.3, 0.4) is 0 Å². The quantitative estimate of drug-likeness (QED) is 0.822. The zero-order valence-electron chi connectivity index (χ0n) is 10.1. The molecule has 98 valence electrons. The SMILES string of the molecule is COCCNS(=O)(=O)c1ccc2nc(C)oc2c1. The van der Waals surface area contributed by atoms with E-state index < -0.39 is 10.0 Å². The van der Waals surface area contributed by atoms with Crippen molar-refractivity contribution in [2.45, 2.75) is 11.8 Å². The fraction of sp³-hybridized carbons (Fsp3) is 0.364. The van der Waals surface area contributed by atoms with Gasteiger partial charge in [-0.15, -0.1) is 0 Å².